The maximum atomic E-state index is 13.0. The summed E-state index contributed by atoms with van der Waals surface area (Å²) in [6.45, 7) is 3.89. The zero-order valence-corrected chi connectivity index (χ0v) is 20.0. The molecule has 0 atom stereocenters. The standard InChI is InChI=1S/C25H22N4O2S2/c1-16-15-17(2)27-25(26-16)33-19-12-10-18(11-13-19)28-23(30)20-7-4-5-8-21(20)29(3)24(31)22-9-6-14-32-22/h4-15H,1-3H3,(H,28,30). The predicted octanol–water partition coefficient (Wildman–Crippen LogP) is 5.84. The normalized spacial score (nSPS) is 10.6. The zero-order chi connectivity index (χ0) is 23.4. The number of nitrogens with one attached hydrogen (secondary N) is 1. The van der Waals surface area contributed by atoms with Crippen molar-refractivity contribution in [3.05, 3.63) is 93.9 Å². The fourth-order valence-corrected chi connectivity index (χ4v) is 4.84. The van der Waals surface area contributed by atoms with Gasteiger partial charge in [0.05, 0.1) is 16.1 Å². The molecule has 4 aromatic rings. The van der Waals surface area contributed by atoms with E-state index in [1.165, 1.54) is 28.0 Å². The number of hydrogen-bond acceptors (Lipinski definition) is 6. The van der Waals surface area contributed by atoms with Crippen LogP contribution >= 0.6 is 23.1 Å². The maximum absolute atomic E-state index is 13.0. The summed E-state index contributed by atoms with van der Waals surface area (Å²) in [5, 5.41) is 5.47. The average molecular weight is 475 g/mol. The molecule has 2 amide bonds. The number of anilines is 2. The first-order valence-corrected chi connectivity index (χ1v) is 11.9. The van der Waals surface area contributed by atoms with E-state index in [1.54, 1.807) is 31.3 Å². The predicted molar refractivity (Wildman–Crippen MR) is 134 cm³/mol. The summed E-state index contributed by atoms with van der Waals surface area (Å²) in [6, 6.07) is 20.1. The van der Waals surface area contributed by atoms with Crippen molar-refractivity contribution < 1.29 is 9.59 Å². The van der Waals surface area contributed by atoms with Crippen LogP contribution in [0.3, 0.4) is 0 Å². The van der Waals surface area contributed by atoms with Crippen molar-refractivity contribution in [1.82, 2.24) is 9.97 Å². The van der Waals surface area contributed by atoms with Crippen LogP contribution in [0.25, 0.3) is 0 Å². The van der Waals surface area contributed by atoms with Crippen LogP contribution in [0.5, 0.6) is 0 Å². The molecule has 33 heavy (non-hydrogen) atoms. The first-order valence-electron chi connectivity index (χ1n) is 10.2. The van der Waals surface area contributed by atoms with Gasteiger partial charge >= 0.3 is 0 Å². The van der Waals surface area contributed by atoms with Gasteiger partial charge in [0.1, 0.15) is 0 Å². The second-order valence-corrected chi connectivity index (χ2v) is 9.36. The number of amides is 2. The monoisotopic (exact) mass is 474 g/mol. The van der Waals surface area contributed by atoms with Gasteiger partial charge in [-0.3, -0.25) is 9.59 Å². The van der Waals surface area contributed by atoms with Crippen molar-refractivity contribution in [2.24, 2.45) is 0 Å². The molecule has 0 unspecified atom stereocenters. The molecule has 6 nitrogen and oxygen atoms in total. The number of thiophene rings is 1. The van der Waals surface area contributed by atoms with Gasteiger partial charge < -0.3 is 10.2 Å². The number of aryl methyl sites for hydroxylation is 2. The third-order valence-electron chi connectivity index (χ3n) is 4.83. The fourth-order valence-electron chi connectivity index (χ4n) is 3.28. The van der Waals surface area contributed by atoms with E-state index in [2.05, 4.69) is 15.3 Å². The Bertz CT molecular complexity index is 1270. The first-order chi connectivity index (χ1) is 15.9. The summed E-state index contributed by atoms with van der Waals surface area (Å²) in [5.74, 6) is -0.435. The minimum Gasteiger partial charge on any atom is -0.322 e. The number of carbonyl (C=O) groups is 2. The first kappa shape index (κ1) is 22.7. The van der Waals surface area contributed by atoms with Crippen molar-refractivity contribution in [2.75, 3.05) is 17.3 Å². The number of benzene rings is 2. The Morgan fingerprint density at radius 2 is 1.64 bits per heavy atom. The smallest absolute Gasteiger partial charge is 0.268 e. The van der Waals surface area contributed by atoms with Crippen molar-refractivity contribution in [3.63, 3.8) is 0 Å². The maximum Gasteiger partial charge on any atom is 0.268 e. The molecule has 2 aromatic carbocycles. The molecule has 4 rings (SSSR count). The van der Waals surface area contributed by atoms with Crippen LogP contribution in [0, 0.1) is 13.8 Å². The third-order valence-corrected chi connectivity index (χ3v) is 6.56. The molecule has 0 saturated carbocycles. The van der Waals surface area contributed by atoms with Crippen LogP contribution in [0.2, 0.25) is 0 Å². The lowest BCUT2D eigenvalue weighted by molar-refractivity contribution is 0.0996. The summed E-state index contributed by atoms with van der Waals surface area (Å²) >= 11 is 2.84. The van der Waals surface area contributed by atoms with Crippen molar-refractivity contribution >= 4 is 46.3 Å². The second-order valence-electron chi connectivity index (χ2n) is 7.37. The number of rotatable bonds is 6. The Kier molecular flexibility index (Phi) is 6.86. The van der Waals surface area contributed by atoms with E-state index in [4.69, 9.17) is 0 Å². The van der Waals surface area contributed by atoms with Crippen LogP contribution in [0.15, 0.2) is 82.2 Å². The Hall–Kier alpha value is -3.49. The molecule has 0 saturated heterocycles. The Balaban J connectivity index is 1.48. The molecular weight excluding hydrogens is 452 g/mol. The fraction of sp³-hybridized carbons (Fsp3) is 0.120. The van der Waals surface area contributed by atoms with E-state index < -0.39 is 0 Å². The number of aromatic nitrogens is 2. The van der Waals surface area contributed by atoms with Crippen LogP contribution in [-0.2, 0) is 0 Å². The summed E-state index contributed by atoms with van der Waals surface area (Å²) in [4.78, 5) is 37.8. The number of hydrogen-bond donors (Lipinski definition) is 1. The van der Waals surface area contributed by atoms with Gasteiger partial charge in [-0.1, -0.05) is 18.2 Å². The average Bonchev–Trinajstić information content (AvgIpc) is 3.34. The molecule has 2 heterocycles. The highest BCUT2D eigenvalue weighted by atomic mass is 32.2. The van der Waals surface area contributed by atoms with Gasteiger partial charge in [0, 0.05) is 29.0 Å². The molecule has 0 aliphatic rings. The van der Waals surface area contributed by atoms with Crippen LogP contribution in [0.4, 0.5) is 11.4 Å². The lowest BCUT2D eigenvalue weighted by Gasteiger charge is -2.20. The summed E-state index contributed by atoms with van der Waals surface area (Å²) in [6.07, 6.45) is 0. The minimum absolute atomic E-state index is 0.153. The molecule has 8 heteroatoms. The largest absolute Gasteiger partial charge is 0.322 e. The topological polar surface area (TPSA) is 75.2 Å². The SMILES string of the molecule is Cc1cc(C)nc(Sc2ccc(NC(=O)c3ccccc3N(C)C(=O)c3cccs3)cc2)n1. The van der Waals surface area contributed by atoms with Crippen molar-refractivity contribution in [2.45, 2.75) is 23.9 Å². The van der Waals surface area contributed by atoms with E-state index in [-0.39, 0.29) is 11.8 Å². The van der Waals surface area contributed by atoms with Gasteiger partial charge in [-0.15, -0.1) is 11.3 Å². The van der Waals surface area contributed by atoms with Gasteiger partial charge in [0.25, 0.3) is 11.8 Å². The Labute approximate surface area is 200 Å². The van der Waals surface area contributed by atoms with Gasteiger partial charge in [-0.05, 0) is 79.5 Å². The highest BCUT2D eigenvalue weighted by Crippen LogP contribution is 2.27. The highest BCUT2D eigenvalue weighted by molar-refractivity contribution is 7.99. The number of nitrogens with zero attached hydrogens (tertiary/aromatic N) is 3. The molecule has 0 radical (unpaired) electrons. The Morgan fingerprint density at radius 1 is 0.939 bits per heavy atom. The van der Waals surface area contributed by atoms with Crippen LogP contribution in [-0.4, -0.2) is 28.8 Å². The molecule has 0 aliphatic carbocycles. The van der Waals surface area contributed by atoms with E-state index in [1.807, 2.05) is 61.7 Å². The Morgan fingerprint density at radius 3 is 2.30 bits per heavy atom. The molecule has 0 aliphatic heterocycles. The summed E-state index contributed by atoms with van der Waals surface area (Å²) in [5.41, 5.74) is 3.48. The van der Waals surface area contributed by atoms with Gasteiger partial charge in [0.15, 0.2) is 5.16 Å². The van der Waals surface area contributed by atoms with Crippen LogP contribution < -0.4 is 10.2 Å². The molecule has 2 aromatic heterocycles. The van der Waals surface area contributed by atoms with Crippen molar-refractivity contribution in [1.29, 1.82) is 0 Å². The number of carbonyl (C=O) groups excluding carboxylic acids is 2. The number of para-hydroxylation sites is 1. The lowest BCUT2D eigenvalue weighted by atomic mass is 10.1. The molecule has 1 N–H and O–H groups in total. The van der Waals surface area contributed by atoms with Gasteiger partial charge in [-0.2, -0.15) is 0 Å². The lowest BCUT2D eigenvalue weighted by Crippen LogP contribution is -2.28. The molecule has 0 bridgehead atoms. The van der Waals surface area contributed by atoms with Crippen molar-refractivity contribution in [3.8, 4) is 0 Å². The third kappa shape index (κ3) is 5.47. The molecule has 0 fully saturated rings. The van der Waals surface area contributed by atoms with E-state index in [9.17, 15) is 9.59 Å². The van der Waals surface area contributed by atoms with E-state index in [0.717, 1.165) is 16.3 Å². The van der Waals surface area contributed by atoms with E-state index in [0.29, 0.717) is 27.0 Å². The molecular formula is C25H22N4O2S2. The van der Waals surface area contributed by atoms with E-state index >= 15 is 0 Å². The van der Waals surface area contributed by atoms with Gasteiger partial charge in [0.2, 0.25) is 0 Å². The summed E-state index contributed by atoms with van der Waals surface area (Å²) in [7, 11) is 1.68. The quantitative estimate of drug-likeness (QED) is 0.356. The van der Waals surface area contributed by atoms with Gasteiger partial charge in [-0.25, -0.2) is 9.97 Å². The zero-order valence-electron chi connectivity index (χ0n) is 18.4. The van der Waals surface area contributed by atoms with Crippen LogP contribution in [0.1, 0.15) is 31.4 Å². The second kappa shape index (κ2) is 9.97. The summed E-state index contributed by atoms with van der Waals surface area (Å²) < 4.78 is 0. The highest BCUT2D eigenvalue weighted by Gasteiger charge is 2.20. The molecule has 0 spiro atoms. The minimum atomic E-state index is -0.283. The molecule has 166 valence electrons.